The van der Waals surface area contributed by atoms with Crippen molar-refractivity contribution in [2.45, 2.75) is 83.6 Å². The molecule has 1 rings (SSSR count). The molecule has 4 nitrogen and oxygen atoms in total. The SMILES string of the molecule is CCCCCCCCCCCC(Cc1cn(C)nn1)NC. The van der Waals surface area contributed by atoms with Crippen LogP contribution in [0.2, 0.25) is 0 Å². The van der Waals surface area contributed by atoms with Gasteiger partial charge in [0, 0.05) is 25.7 Å². The van der Waals surface area contributed by atoms with Crippen LogP contribution in [-0.4, -0.2) is 28.1 Å². The van der Waals surface area contributed by atoms with Gasteiger partial charge in [0.05, 0.1) is 5.69 Å². The standard InChI is InChI=1S/C17H34N4/c1-4-5-6-7-8-9-10-11-12-13-16(18-2)14-17-15-21(3)20-19-17/h15-16,18H,4-14H2,1-3H3. The minimum Gasteiger partial charge on any atom is -0.317 e. The molecule has 4 heteroatoms. The molecule has 0 fully saturated rings. The van der Waals surface area contributed by atoms with Crippen LogP contribution < -0.4 is 5.32 Å². The molecule has 0 aliphatic carbocycles. The van der Waals surface area contributed by atoms with E-state index in [1.165, 1.54) is 64.2 Å². The van der Waals surface area contributed by atoms with Gasteiger partial charge in [0.1, 0.15) is 0 Å². The summed E-state index contributed by atoms with van der Waals surface area (Å²) in [6, 6.07) is 0.534. The fourth-order valence-corrected chi connectivity index (χ4v) is 2.79. The van der Waals surface area contributed by atoms with E-state index in [4.69, 9.17) is 0 Å². The maximum atomic E-state index is 4.17. The van der Waals surface area contributed by atoms with Crippen molar-refractivity contribution in [3.63, 3.8) is 0 Å². The van der Waals surface area contributed by atoms with Crippen molar-refractivity contribution in [1.29, 1.82) is 0 Å². The predicted molar refractivity (Wildman–Crippen MR) is 89.4 cm³/mol. The van der Waals surface area contributed by atoms with E-state index in [1.54, 1.807) is 4.68 Å². The summed E-state index contributed by atoms with van der Waals surface area (Å²) in [6.07, 6.45) is 16.8. The van der Waals surface area contributed by atoms with Crippen molar-refractivity contribution in [3.05, 3.63) is 11.9 Å². The number of rotatable bonds is 13. The van der Waals surface area contributed by atoms with Gasteiger partial charge in [-0.05, 0) is 13.5 Å². The van der Waals surface area contributed by atoms with Crippen molar-refractivity contribution in [3.8, 4) is 0 Å². The second-order valence-electron chi connectivity index (χ2n) is 6.19. The van der Waals surface area contributed by atoms with E-state index in [0.29, 0.717) is 6.04 Å². The van der Waals surface area contributed by atoms with Gasteiger partial charge in [-0.15, -0.1) is 5.10 Å². The molecule has 1 aromatic heterocycles. The van der Waals surface area contributed by atoms with Gasteiger partial charge in [0.15, 0.2) is 0 Å². The Hall–Kier alpha value is -0.900. The average molecular weight is 294 g/mol. The molecule has 0 saturated carbocycles. The summed E-state index contributed by atoms with van der Waals surface area (Å²) < 4.78 is 1.78. The quantitative estimate of drug-likeness (QED) is 0.562. The van der Waals surface area contributed by atoms with Gasteiger partial charge in [-0.25, -0.2) is 0 Å². The van der Waals surface area contributed by atoms with Crippen molar-refractivity contribution >= 4 is 0 Å². The molecule has 1 unspecified atom stereocenters. The zero-order valence-corrected chi connectivity index (χ0v) is 14.3. The van der Waals surface area contributed by atoms with Crippen LogP contribution in [0.5, 0.6) is 0 Å². The van der Waals surface area contributed by atoms with Gasteiger partial charge in [0.2, 0.25) is 0 Å². The van der Waals surface area contributed by atoms with Crippen LogP contribution >= 0.6 is 0 Å². The second kappa shape index (κ2) is 11.7. The monoisotopic (exact) mass is 294 g/mol. The summed E-state index contributed by atoms with van der Waals surface area (Å²) in [5.41, 5.74) is 1.09. The summed E-state index contributed by atoms with van der Waals surface area (Å²) in [5, 5.41) is 11.6. The van der Waals surface area contributed by atoms with Crippen LogP contribution in [0.3, 0.4) is 0 Å². The van der Waals surface area contributed by atoms with Crippen LogP contribution in [0.4, 0.5) is 0 Å². The third-order valence-electron chi connectivity index (χ3n) is 4.17. The van der Waals surface area contributed by atoms with Gasteiger partial charge in [-0.1, -0.05) is 69.9 Å². The van der Waals surface area contributed by atoms with Gasteiger partial charge < -0.3 is 5.32 Å². The Morgan fingerprint density at radius 1 is 1.05 bits per heavy atom. The maximum Gasteiger partial charge on any atom is 0.0842 e. The molecule has 21 heavy (non-hydrogen) atoms. The second-order valence-corrected chi connectivity index (χ2v) is 6.19. The first-order valence-electron chi connectivity index (χ1n) is 8.78. The Morgan fingerprint density at radius 3 is 2.19 bits per heavy atom. The first-order chi connectivity index (χ1) is 10.3. The first-order valence-corrected chi connectivity index (χ1v) is 8.78. The molecule has 0 saturated heterocycles. The fourth-order valence-electron chi connectivity index (χ4n) is 2.79. The lowest BCUT2D eigenvalue weighted by molar-refractivity contribution is 0.474. The van der Waals surface area contributed by atoms with Crippen molar-refractivity contribution in [1.82, 2.24) is 20.3 Å². The Bertz CT molecular complexity index is 348. The minimum absolute atomic E-state index is 0.534. The van der Waals surface area contributed by atoms with E-state index in [1.807, 2.05) is 13.2 Å². The highest BCUT2D eigenvalue weighted by atomic mass is 15.4. The molecule has 0 aliphatic rings. The Morgan fingerprint density at radius 2 is 1.67 bits per heavy atom. The topological polar surface area (TPSA) is 42.7 Å². The highest BCUT2D eigenvalue weighted by Gasteiger charge is 2.09. The fraction of sp³-hybridized carbons (Fsp3) is 0.882. The minimum atomic E-state index is 0.534. The zero-order valence-electron chi connectivity index (χ0n) is 14.3. The summed E-state index contributed by atoms with van der Waals surface area (Å²) in [6.45, 7) is 2.28. The normalized spacial score (nSPS) is 12.7. The van der Waals surface area contributed by atoms with E-state index >= 15 is 0 Å². The zero-order chi connectivity index (χ0) is 15.3. The first kappa shape index (κ1) is 18.1. The number of nitrogens with zero attached hydrogens (tertiary/aromatic N) is 3. The number of nitrogens with one attached hydrogen (secondary N) is 1. The average Bonchev–Trinajstić information content (AvgIpc) is 2.89. The van der Waals surface area contributed by atoms with Crippen molar-refractivity contribution < 1.29 is 0 Å². The number of unbranched alkanes of at least 4 members (excludes halogenated alkanes) is 8. The van der Waals surface area contributed by atoms with Crippen LogP contribution in [0, 0.1) is 0 Å². The molecule has 0 aliphatic heterocycles. The molecule has 0 spiro atoms. The summed E-state index contributed by atoms with van der Waals surface area (Å²) >= 11 is 0. The van der Waals surface area contributed by atoms with E-state index in [0.717, 1.165) is 12.1 Å². The van der Waals surface area contributed by atoms with Gasteiger partial charge in [-0.2, -0.15) is 0 Å². The number of likely N-dealkylation sites (N-methyl/N-ethyl adjacent to an activating group) is 1. The van der Waals surface area contributed by atoms with Gasteiger partial charge in [-0.3, -0.25) is 4.68 Å². The number of aryl methyl sites for hydroxylation is 1. The van der Waals surface area contributed by atoms with Crippen LogP contribution in [0.25, 0.3) is 0 Å². The molecule has 1 aromatic rings. The lowest BCUT2D eigenvalue weighted by Crippen LogP contribution is -2.27. The molecule has 0 amide bonds. The number of aromatic nitrogens is 3. The molecule has 0 bridgehead atoms. The maximum absolute atomic E-state index is 4.17. The van der Waals surface area contributed by atoms with E-state index in [2.05, 4.69) is 29.6 Å². The highest BCUT2D eigenvalue weighted by Crippen LogP contribution is 2.12. The molecule has 1 atom stereocenters. The Labute approximate surface area is 130 Å². The third kappa shape index (κ3) is 8.86. The van der Waals surface area contributed by atoms with E-state index in [9.17, 15) is 0 Å². The van der Waals surface area contributed by atoms with Gasteiger partial charge >= 0.3 is 0 Å². The third-order valence-corrected chi connectivity index (χ3v) is 4.17. The predicted octanol–water partition coefficient (Wildman–Crippen LogP) is 3.87. The number of hydrogen-bond donors (Lipinski definition) is 1. The molecule has 1 N–H and O–H groups in total. The molecular formula is C17H34N4. The van der Waals surface area contributed by atoms with Crippen LogP contribution in [0.15, 0.2) is 6.20 Å². The van der Waals surface area contributed by atoms with Gasteiger partial charge in [0.25, 0.3) is 0 Å². The van der Waals surface area contributed by atoms with Crippen molar-refractivity contribution in [2.24, 2.45) is 7.05 Å². The van der Waals surface area contributed by atoms with Crippen LogP contribution in [-0.2, 0) is 13.5 Å². The molecule has 0 aromatic carbocycles. The van der Waals surface area contributed by atoms with E-state index < -0.39 is 0 Å². The highest BCUT2D eigenvalue weighted by molar-refractivity contribution is 4.95. The van der Waals surface area contributed by atoms with E-state index in [-0.39, 0.29) is 0 Å². The summed E-state index contributed by atoms with van der Waals surface area (Å²) in [5.74, 6) is 0. The van der Waals surface area contributed by atoms with Crippen molar-refractivity contribution in [2.75, 3.05) is 7.05 Å². The smallest absolute Gasteiger partial charge is 0.0842 e. The molecule has 122 valence electrons. The van der Waals surface area contributed by atoms with Crippen LogP contribution in [0.1, 0.15) is 76.8 Å². The Kier molecular flexibility index (Phi) is 10.1. The molecule has 1 heterocycles. The summed E-state index contributed by atoms with van der Waals surface area (Å²) in [4.78, 5) is 0. The largest absolute Gasteiger partial charge is 0.317 e. The Balaban J connectivity index is 1.99. The number of hydrogen-bond acceptors (Lipinski definition) is 3. The molecular weight excluding hydrogens is 260 g/mol. The lowest BCUT2D eigenvalue weighted by Gasteiger charge is -2.14. The summed E-state index contributed by atoms with van der Waals surface area (Å²) in [7, 11) is 3.97. The lowest BCUT2D eigenvalue weighted by atomic mass is 10.0. The molecule has 0 radical (unpaired) electrons.